The van der Waals surface area contributed by atoms with Crippen LogP contribution >= 0.6 is 0 Å². The summed E-state index contributed by atoms with van der Waals surface area (Å²) in [5.41, 5.74) is 0.584. The van der Waals surface area contributed by atoms with Gasteiger partial charge in [-0.2, -0.15) is 0 Å². The number of nitro groups is 1. The van der Waals surface area contributed by atoms with Crippen molar-refractivity contribution in [3.63, 3.8) is 0 Å². The quantitative estimate of drug-likeness (QED) is 0.585. The second-order valence-corrected chi connectivity index (χ2v) is 3.74. The minimum Gasteiger partial charge on any atom is -0.496 e. The molecule has 0 aliphatic rings. The maximum Gasteiger partial charge on any atom is 0.275 e. The fourth-order valence-electron chi connectivity index (χ4n) is 1.33. The molecule has 0 bridgehead atoms. The monoisotopic (exact) mass is 240 g/mol. The van der Waals surface area contributed by atoms with E-state index in [2.05, 4.69) is 5.32 Å². The summed E-state index contributed by atoms with van der Waals surface area (Å²) in [6, 6.07) is 4.47. The molecule has 1 aromatic rings. The van der Waals surface area contributed by atoms with Crippen molar-refractivity contribution in [2.45, 2.75) is 19.4 Å². The predicted octanol–water partition coefficient (Wildman–Crippen LogP) is 1.79. The first-order valence-electron chi connectivity index (χ1n) is 5.28. The van der Waals surface area contributed by atoms with Gasteiger partial charge in [-0.3, -0.25) is 10.1 Å². The van der Waals surface area contributed by atoms with Crippen LogP contribution in [0.3, 0.4) is 0 Å². The van der Waals surface area contributed by atoms with Crippen LogP contribution in [0.4, 0.5) is 11.4 Å². The Bertz CT molecular complexity index is 393. The van der Waals surface area contributed by atoms with Gasteiger partial charge in [-0.05, 0) is 13.3 Å². The van der Waals surface area contributed by atoms with Crippen molar-refractivity contribution in [1.29, 1.82) is 0 Å². The zero-order valence-electron chi connectivity index (χ0n) is 9.84. The van der Waals surface area contributed by atoms with Crippen LogP contribution in [-0.4, -0.2) is 29.8 Å². The molecule has 0 amide bonds. The van der Waals surface area contributed by atoms with E-state index in [-0.39, 0.29) is 5.69 Å². The number of hydrogen-bond acceptors (Lipinski definition) is 5. The number of rotatable bonds is 6. The van der Waals surface area contributed by atoms with Crippen LogP contribution in [0.5, 0.6) is 5.75 Å². The van der Waals surface area contributed by atoms with E-state index in [1.54, 1.807) is 13.0 Å². The van der Waals surface area contributed by atoms with Gasteiger partial charge in [-0.1, -0.05) is 0 Å². The van der Waals surface area contributed by atoms with Crippen molar-refractivity contribution in [3.05, 3.63) is 28.3 Å². The van der Waals surface area contributed by atoms with Crippen LogP contribution in [0.2, 0.25) is 0 Å². The third-order valence-corrected chi connectivity index (χ3v) is 2.23. The number of aliphatic hydroxyl groups excluding tert-OH is 1. The molecule has 0 spiro atoms. The van der Waals surface area contributed by atoms with Crippen LogP contribution in [-0.2, 0) is 0 Å². The standard InChI is InChI=1S/C11H16N2O4/c1-8(14)3-4-12-9-5-10(13(15)16)7-11(6-9)17-2/h5-8,12,14H,3-4H2,1-2H3. The molecule has 1 rings (SSSR count). The third-order valence-electron chi connectivity index (χ3n) is 2.23. The van der Waals surface area contributed by atoms with Crippen molar-refractivity contribution in [2.24, 2.45) is 0 Å². The number of ether oxygens (including phenoxy) is 1. The van der Waals surface area contributed by atoms with E-state index in [4.69, 9.17) is 9.84 Å². The predicted molar refractivity (Wildman–Crippen MR) is 64.4 cm³/mol. The summed E-state index contributed by atoms with van der Waals surface area (Å²) in [5, 5.41) is 22.8. The first kappa shape index (κ1) is 13.2. The smallest absolute Gasteiger partial charge is 0.275 e. The van der Waals surface area contributed by atoms with Crippen molar-refractivity contribution < 1.29 is 14.8 Å². The fraction of sp³-hybridized carbons (Fsp3) is 0.455. The zero-order chi connectivity index (χ0) is 12.8. The number of non-ortho nitro benzene ring substituents is 1. The van der Waals surface area contributed by atoms with Crippen LogP contribution < -0.4 is 10.1 Å². The van der Waals surface area contributed by atoms with E-state index < -0.39 is 11.0 Å². The van der Waals surface area contributed by atoms with E-state index in [0.717, 1.165) is 0 Å². The van der Waals surface area contributed by atoms with Gasteiger partial charge in [0, 0.05) is 24.4 Å². The Hall–Kier alpha value is -1.82. The molecule has 0 aliphatic heterocycles. The van der Waals surface area contributed by atoms with Crippen LogP contribution in [0.1, 0.15) is 13.3 Å². The topological polar surface area (TPSA) is 84.6 Å². The minimum atomic E-state index is -0.470. The molecule has 0 aromatic heterocycles. The average Bonchev–Trinajstić information content (AvgIpc) is 2.28. The molecule has 0 saturated heterocycles. The van der Waals surface area contributed by atoms with Gasteiger partial charge < -0.3 is 15.2 Å². The lowest BCUT2D eigenvalue weighted by molar-refractivity contribution is -0.384. The number of nitro benzene ring substituents is 1. The molecule has 0 heterocycles. The van der Waals surface area contributed by atoms with Gasteiger partial charge >= 0.3 is 0 Å². The molecule has 1 atom stereocenters. The molecule has 0 aliphatic carbocycles. The Kier molecular flexibility index (Phi) is 4.71. The summed E-state index contributed by atoms with van der Waals surface area (Å²) < 4.78 is 4.98. The lowest BCUT2D eigenvalue weighted by Crippen LogP contribution is -2.09. The molecule has 6 nitrogen and oxygen atoms in total. The highest BCUT2D eigenvalue weighted by Crippen LogP contribution is 2.25. The van der Waals surface area contributed by atoms with E-state index >= 15 is 0 Å². The van der Waals surface area contributed by atoms with Gasteiger partial charge in [0.25, 0.3) is 5.69 Å². The van der Waals surface area contributed by atoms with Gasteiger partial charge in [0.15, 0.2) is 0 Å². The van der Waals surface area contributed by atoms with Gasteiger partial charge in [0.1, 0.15) is 5.75 Å². The Labute approximate surface area is 99.4 Å². The number of nitrogens with zero attached hydrogens (tertiary/aromatic N) is 1. The molecule has 2 N–H and O–H groups in total. The Morgan fingerprint density at radius 1 is 1.53 bits per heavy atom. The SMILES string of the molecule is COc1cc(NCCC(C)O)cc([N+](=O)[O-])c1. The van der Waals surface area contributed by atoms with E-state index in [0.29, 0.717) is 24.4 Å². The number of aliphatic hydroxyl groups is 1. The summed E-state index contributed by atoms with van der Waals surface area (Å²) in [4.78, 5) is 10.2. The highest BCUT2D eigenvalue weighted by atomic mass is 16.6. The number of methoxy groups -OCH3 is 1. The number of hydrogen-bond donors (Lipinski definition) is 2. The average molecular weight is 240 g/mol. The number of benzene rings is 1. The second-order valence-electron chi connectivity index (χ2n) is 3.74. The van der Waals surface area contributed by atoms with Gasteiger partial charge in [-0.15, -0.1) is 0 Å². The van der Waals surface area contributed by atoms with Crippen molar-refractivity contribution in [3.8, 4) is 5.75 Å². The third kappa shape index (κ3) is 4.28. The first-order chi connectivity index (χ1) is 8.02. The van der Waals surface area contributed by atoms with Gasteiger partial charge in [0.2, 0.25) is 0 Å². The summed E-state index contributed by atoms with van der Waals surface area (Å²) >= 11 is 0. The molecule has 6 heteroatoms. The molecule has 94 valence electrons. The number of anilines is 1. The molecule has 1 unspecified atom stereocenters. The van der Waals surface area contributed by atoms with E-state index in [1.807, 2.05) is 0 Å². The molecule has 1 aromatic carbocycles. The summed E-state index contributed by atoms with van der Waals surface area (Å²) in [5.74, 6) is 0.429. The number of nitrogens with one attached hydrogen (secondary N) is 1. The van der Waals surface area contributed by atoms with E-state index in [1.165, 1.54) is 19.2 Å². The molecule has 0 radical (unpaired) electrons. The van der Waals surface area contributed by atoms with Gasteiger partial charge in [0.05, 0.1) is 24.2 Å². The van der Waals surface area contributed by atoms with Crippen LogP contribution in [0.25, 0.3) is 0 Å². The van der Waals surface area contributed by atoms with E-state index in [9.17, 15) is 10.1 Å². The summed E-state index contributed by atoms with van der Waals surface area (Å²) in [6.07, 6.45) is 0.174. The van der Waals surface area contributed by atoms with Crippen molar-refractivity contribution >= 4 is 11.4 Å². The zero-order valence-corrected chi connectivity index (χ0v) is 9.84. The van der Waals surface area contributed by atoms with Crippen LogP contribution in [0, 0.1) is 10.1 Å². The Morgan fingerprint density at radius 3 is 2.76 bits per heavy atom. The molecular weight excluding hydrogens is 224 g/mol. The Balaban J connectivity index is 2.76. The maximum absolute atomic E-state index is 10.7. The fourth-order valence-corrected chi connectivity index (χ4v) is 1.33. The van der Waals surface area contributed by atoms with Crippen molar-refractivity contribution in [1.82, 2.24) is 0 Å². The van der Waals surface area contributed by atoms with Crippen LogP contribution in [0.15, 0.2) is 18.2 Å². The van der Waals surface area contributed by atoms with Gasteiger partial charge in [-0.25, -0.2) is 0 Å². The largest absolute Gasteiger partial charge is 0.496 e. The highest BCUT2D eigenvalue weighted by molar-refractivity contribution is 5.56. The first-order valence-corrected chi connectivity index (χ1v) is 5.28. The Morgan fingerprint density at radius 2 is 2.24 bits per heavy atom. The molecule has 0 fully saturated rings. The molecule has 0 saturated carbocycles. The minimum absolute atomic E-state index is 0.0242. The second kappa shape index (κ2) is 6.05. The summed E-state index contributed by atoms with van der Waals surface area (Å²) in [6.45, 7) is 2.23. The summed E-state index contributed by atoms with van der Waals surface area (Å²) in [7, 11) is 1.46. The lowest BCUT2D eigenvalue weighted by atomic mass is 10.2. The normalized spacial score (nSPS) is 11.9. The molecule has 17 heavy (non-hydrogen) atoms. The lowest BCUT2D eigenvalue weighted by Gasteiger charge is -2.09. The van der Waals surface area contributed by atoms with Crippen molar-refractivity contribution in [2.75, 3.05) is 19.0 Å². The maximum atomic E-state index is 10.7. The highest BCUT2D eigenvalue weighted by Gasteiger charge is 2.10. The molecular formula is C11H16N2O4.